The number of benzene rings is 1. The van der Waals surface area contributed by atoms with Gasteiger partial charge < -0.3 is 5.11 Å². The number of rotatable bonds is 5. The first-order valence-corrected chi connectivity index (χ1v) is 5.06. The molecule has 15 heavy (non-hydrogen) atoms. The zero-order valence-corrected chi connectivity index (χ0v) is 9.08. The van der Waals surface area contributed by atoms with E-state index < -0.39 is 18.2 Å². The van der Waals surface area contributed by atoms with E-state index in [1.807, 2.05) is 6.92 Å². The lowest BCUT2D eigenvalue weighted by Gasteiger charge is -2.07. The Balaban J connectivity index is 3.04. The zero-order valence-electron chi connectivity index (χ0n) is 12.1. The topological polar surface area (TPSA) is 37.3 Å². The van der Waals surface area contributed by atoms with Gasteiger partial charge in [0.05, 0.1) is 5.89 Å². The third kappa shape index (κ3) is 3.39. The van der Waals surface area contributed by atoms with E-state index in [4.69, 9.17) is 9.22 Å². The van der Waals surface area contributed by atoms with Gasteiger partial charge >= 0.3 is 5.97 Å². The van der Waals surface area contributed by atoms with E-state index in [1.165, 1.54) is 19.1 Å². The molecule has 2 heteroatoms. The molecule has 0 radical (unpaired) electrons. The van der Waals surface area contributed by atoms with Gasteiger partial charge in [0.1, 0.15) is 0 Å². The van der Waals surface area contributed by atoms with Gasteiger partial charge in [0.15, 0.2) is 0 Å². The lowest BCUT2D eigenvalue weighted by Crippen LogP contribution is -2.07. The molecule has 82 valence electrons. The molecular weight excluding hydrogens is 188 g/mol. The minimum absolute atomic E-state index is 0.353. The molecule has 0 saturated heterocycles. The molecule has 0 saturated carbocycles. The third-order valence-corrected chi connectivity index (χ3v) is 2.22. The van der Waals surface area contributed by atoms with Crippen molar-refractivity contribution < 1.29 is 14.0 Å². The van der Waals surface area contributed by atoms with Crippen molar-refractivity contribution in [2.24, 2.45) is 0 Å². The SMILES string of the molecule is [2H]C([2H])(CCC)c1ccc(C([2H])(C)C(=O)O)cc1. The first-order chi connectivity index (χ1) is 8.21. The second kappa shape index (κ2) is 5.54. The van der Waals surface area contributed by atoms with Crippen LogP contribution in [-0.4, -0.2) is 11.1 Å². The van der Waals surface area contributed by atoms with E-state index in [0.717, 1.165) is 6.42 Å². The fraction of sp³-hybridized carbons (Fsp3) is 0.462. The van der Waals surface area contributed by atoms with Crippen LogP contribution in [0.4, 0.5) is 0 Å². The molecule has 1 aromatic rings. The van der Waals surface area contributed by atoms with Crippen molar-refractivity contribution in [2.75, 3.05) is 0 Å². The van der Waals surface area contributed by atoms with Gasteiger partial charge in [-0.1, -0.05) is 37.6 Å². The third-order valence-electron chi connectivity index (χ3n) is 2.22. The number of carboxylic acids is 1. The van der Waals surface area contributed by atoms with Crippen LogP contribution in [-0.2, 0) is 11.2 Å². The number of hydrogen-bond acceptors (Lipinski definition) is 1. The van der Waals surface area contributed by atoms with Crippen molar-refractivity contribution >= 4 is 5.97 Å². The van der Waals surface area contributed by atoms with Crippen LogP contribution in [0.25, 0.3) is 0 Å². The van der Waals surface area contributed by atoms with Crippen LogP contribution in [0.5, 0.6) is 0 Å². The van der Waals surface area contributed by atoms with E-state index in [2.05, 4.69) is 0 Å². The Hall–Kier alpha value is -1.31. The summed E-state index contributed by atoms with van der Waals surface area (Å²) in [7, 11) is 0. The van der Waals surface area contributed by atoms with Crippen molar-refractivity contribution in [1.82, 2.24) is 0 Å². The van der Waals surface area contributed by atoms with E-state index >= 15 is 0 Å². The fourth-order valence-electron chi connectivity index (χ4n) is 1.23. The summed E-state index contributed by atoms with van der Waals surface area (Å²) in [6, 6.07) is 6.18. The van der Waals surface area contributed by atoms with Crippen molar-refractivity contribution in [3.8, 4) is 0 Å². The minimum Gasteiger partial charge on any atom is -0.481 e. The van der Waals surface area contributed by atoms with Crippen LogP contribution >= 0.6 is 0 Å². The van der Waals surface area contributed by atoms with Crippen molar-refractivity contribution in [1.29, 1.82) is 0 Å². The maximum absolute atomic E-state index is 10.9. The summed E-state index contributed by atoms with van der Waals surface area (Å²) in [6.07, 6.45) is -0.252. The van der Waals surface area contributed by atoms with Crippen molar-refractivity contribution in [3.63, 3.8) is 0 Å². The largest absolute Gasteiger partial charge is 0.481 e. The molecule has 2 nitrogen and oxygen atoms in total. The second-order valence-corrected chi connectivity index (χ2v) is 3.43. The molecule has 1 unspecified atom stereocenters. The summed E-state index contributed by atoms with van der Waals surface area (Å²) in [5.74, 6) is -2.91. The number of carbonyl (C=O) groups is 1. The monoisotopic (exact) mass is 209 g/mol. The molecule has 1 rings (SSSR count). The molecule has 0 aliphatic heterocycles. The molecule has 0 fully saturated rings. The Morgan fingerprint density at radius 3 is 2.60 bits per heavy atom. The summed E-state index contributed by atoms with van der Waals surface area (Å²) in [5, 5.41) is 8.95. The lowest BCUT2D eigenvalue weighted by molar-refractivity contribution is -0.138. The van der Waals surface area contributed by atoms with Crippen LogP contribution in [0.2, 0.25) is 0 Å². The average molecular weight is 209 g/mol. The maximum Gasteiger partial charge on any atom is 0.310 e. The highest BCUT2D eigenvalue weighted by atomic mass is 16.4. The van der Waals surface area contributed by atoms with Crippen molar-refractivity contribution in [3.05, 3.63) is 35.4 Å². The zero-order chi connectivity index (χ0) is 14.0. The van der Waals surface area contributed by atoms with Gasteiger partial charge in [0, 0.05) is 4.11 Å². The Bertz CT molecular complexity index is 424. The van der Waals surface area contributed by atoms with Crippen molar-refractivity contribution in [2.45, 2.75) is 39.0 Å². The molecule has 1 aromatic carbocycles. The van der Waals surface area contributed by atoms with Gasteiger partial charge in [-0.25, -0.2) is 0 Å². The van der Waals surface area contributed by atoms with Gasteiger partial charge in [-0.2, -0.15) is 0 Å². The maximum atomic E-state index is 10.9. The summed E-state index contributed by atoms with van der Waals surface area (Å²) < 4.78 is 23.5. The average Bonchev–Trinajstić information content (AvgIpc) is 2.29. The van der Waals surface area contributed by atoms with E-state index in [9.17, 15) is 4.79 Å². The molecule has 0 spiro atoms. The van der Waals surface area contributed by atoms with Crippen LogP contribution in [0.1, 0.15) is 47.8 Å². The summed E-state index contributed by atoms with van der Waals surface area (Å²) in [4.78, 5) is 10.9. The van der Waals surface area contributed by atoms with Gasteiger partial charge in [0.25, 0.3) is 0 Å². The van der Waals surface area contributed by atoms with Crippen LogP contribution in [0.3, 0.4) is 0 Å². The lowest BCUT2D eigenvalue weighted by atomic mass is 9.99. The highest BCUT2D eigenvalue weighted by molar-refractivity contribution is 5.75. The number of carboxylic acid groups (broad SMARTS) is 1. The molecule has 0 aromatic heterocycles. The smallest absolute Gasteiger partial charge is 0.310 e. The summed E-state index contributed by atoms with van der Waals surface area (Å²) >= 11 is 0. The standard InChI is InChI=1S/C13H18O2/c1-3-4-5-11-6-8-12(9-7-11)10(2)13(14)15/h6-10H,3-5H2,1-2H3,(H,14,15)/i5D2,10D. The highest BCUT2D eigenvalue weighted by Crippen LogP contribution is 2.16. The predicted octanol–water partition coefficient (Wildman–Crippen LogP) is 3.22. The Labute approximate surface area is 95.2 Å². The molecule has 0 aliphatic rings. The molecule has 0 heterocycles. The Morgan fingerprint density at radius 1 is 1.53 bits per heavy atom. The van der Waals surface area contributed by atoms with E-state index in [1.54, 1.807) is 12.1 Å². The highest BCUT2D eigenvalue weighted by Gasteiger charge is 2.12. The van der Waals surface area contributed by atoms with Gasteiger partial charge in [-0.15, -0.1) is 0 Å². The second-order valence-electron chi connectivity index (χ2n) is 3.43. The minimum atomic E-state index is -1.70. The van der Waals surface area contributed by atoms with Gasteiger partial charge in [-0.05, 0) is 30.8 Å². The molecule has 0 bridgehead atoms. The summed E-state index contributed by atoms with van der Waals surface area (Å²) in [5.41, 5.74) is 0.875. The van der Waals surface area contributed by atoms with Crippen LogP contribution in [0, 0.1) is 0 Å². The Kier molecular flexibility index (Phi) is 2.92. The quantitative estimate of drug-likeness (QED) is 0.808. The van der Waals surface area contributed by atoms with Gasteiger partial charge in [0.2, 0.25) is 0 Å². The normalized spacial score (nSPS) is 18.4. The molecule has 0 aliphatic carbocycles. The first-order valence-electron chi connectivity index (χ1n) is 6.56. The summed E-state index contributed by atoms with van der Waals surface area (Å²) in [6.45, 7) is 3.22. The Morgan fingerprint density at radius 2 is 2.13 bits per heavy atom. The molecular formula is C13H18O2. The van der Waals surface area contributed by atoms with E-state index in [0.29, 0.717) is 17.5 Å². The number of aliphatic carboxylic acids is 1. The van der Waals surface area contributed by atoms with Crippen LogP contribution < -0.4 is 0 Å². The molecule has 1 N–H and O–H groups in total. The fourth-order valence-corrected chi connectivity index (χ4v) is 1.23. The predicted molar refractivity (Wildman–Crippen MR) is 61.1 cm³/mol. The first kappa shape index (κ1) is 7.91. The van der Waals surface area contributed by atoms with Gasteiger partial charge in [-0.3, -0.25) is 4.79 Å². The number of hydrogen-bond donors (Lipinski definition) is 1. The van der Waals surface area contributed by atoms with E-state index in [-0.39, 0.29) is 0 Å². The molecule has 0 amide bonds. The molecule has 1 atom stereocenters. The van der Waals surface area contributed by atoms with Crippen LogP contribution in [0.15, 0.2) is 24.3 Å². The number of aryl methyl sites for hydroxylation is 1.